The van der Waals surface area contributed by atoms with E-state index in [0.29, 0.717) is 23.2 Å². The Kier molecular flexibility index (Phi) is 8.73. The van der Waals surface area contributed by atoms with Gasteiger partial charge in [-0.2, -0.15) is 0 Å². The van der Waals surface area contributed by atoms with Crippen molar-refractivity contribution >= 4 is 39.1 Å². The number of aryl methyl sites for hydroxylation is 1. The van der Waals surface area contributed by atoms with Crippen LogP contribution < -0.4 is 15.4 Å². The van der Waals surface area contributed by atoms with Gasteiger partial charge in [-0.15, -0.1) is 10.2 Å². The molecule has 11 heteroatoms. The van der Waals surface area contributed by atoms with Crippen LogP contribution >= 0.6 is 11.8 Å². The molecule has 0 aliphatic rings. The highest BCUT2D eigenvalue weighted by atomic mass is 32.2. The highest BCUT2D eigenvalue weighted by Gasteiger charge is 2.22. The molecule has 0 aliphatic heterocycles. The highest BCUT2D eigenvalue weighted by molar-refractivity contribution is 7.99. The summed E-state index contributed by atoms with van der Waals surface area (Å²) in [6.45, 7) is 7.83. The van der Waals surface area contributed by atoms with Crippen LogP contribution in [0.5, 0.6) is 0 Å². The van der Waals surface area contributed by atoms with E-state index in [1.165, 1.54) is 23.9 Å². The lowest BCUT2D eigenvalue weighted by Crippen LogP contribution is -2.40. The van der Waals surface area contributed by atoms with E-state index in [1.807, 2.05) is 66.1 Å². The lowest BCUT2D eigenvalue weighted by molar-refractivity contribution is -0.113. The molecule has 0 radical (unpaired) electrons. The Balaban J connectivity index is 1.43. The SMILES string of the molecule is Cc1ccccc1NCc1nnc(SCC(=O)Nc2ccc(S(=O)(=O)NC(C)(C)C)cc2)n1-c1ccccc1. The summed E-state index contributed by atoms with van der Waals surface area (Å²) in [5.41, 5.74) is 2.95. The topological polar surface area (TPSA) is 118 Å². The third kappa shape index (κ3) is 7.69. The van der Waals surface area contributed by atoms with Gasteiger partial charge in [0, 0.05) is 22.6 Å². The molecule has 0 bridgehead atoms. The van der Waals surface area contributed by atoms with Gasteiger partial charge in [-0.25, -0.2) is 13.1 Å². The fourth-order valence-corrected chi connectivity index (χ4v) is 5.99. The predicted molar refractivity (Wildman–Crippen MR) is 156 cm³/mol. The first-order valence-electron chi connectivity index (χ1n) is 12.4. The molecule has 0 fully saturated rings. The van der Waals surface area contributed by atoms with E-state index in [0.717, 1.165) is 16.9 Å². The number of aromatic nitrogens is 3. The molecule has 39 heavy (non-hydrogen) atoms. The summed E-state index contributed by atoms with van der Waals surface area (Å²) in [7, 11) is -3.65. The van der Waals surface area contributed by atoms with Crippen LogP contribution in [-0.2, 0) is 21.4 Å². The molecule has 0 aliphatic carbocycles. The maximum Gasteiger partial charge on any atom is 0.241 e. The summed E-state index contributed by atoms with van der Waals surface area (Å²) in [5, 5.41) is 15.6. The Labute approximate surface area is 233 Å². The van der Waals surface area contributed by atoms with Crippen molar-refractivity contribution in [2.75, 3.05) is 16.4 Å². The molecule has 0 atom stereocenters. The summed E-state index contributed by atoms with van der Waals surface area (Å²) < 4.78 is 29.6. The number of rotatable bonds is 10. The van der Waals surface area contributed by atoms with Crippen molar-refractivity contribution in [2.24, 2.45) is 0 Å². The van der Waals surface area contributed by atoms with Crippen molar-refractivity contribution < 1.29 is 13.2 Å². The summed E-state index contributed by atoms with van der Waals surface area (Å²) in [5.74, 6) is 0.570. The zero-order valence-corrected chi connectivity index (χ0v) is 23.9. The van der Waals surface area contributed by atoms with E-state index in [2.05, 4.69) is 25.6 Å². The molecule has 1 aromatic heterocycles. The van der Waals surface area contributed by atoms with E-state index in [4.69, 9.17) is 0 Å². The molecular formula is C28H32N6O3S2. The smallest absolute Gasteiger partial charge is 0.241 e. The first-order chi connectivity index (χ1) is 18.5. The number of sulfonamides is 1. The van der Waals surface area contributed by atoms with Gasteiger partial charge in [0.05, 0.1) is 17.2 Å². The quantitative estimate of drug-likeness (QED) is 0.232. The molecule has 204 valence electrons. The molecule has 0 unspecified atom stereocenters. The largest absolute Gasteiger partial charge is 0.378 e. The molecule has 0 saturated heterocycles. The summed E-state index contributed by atoms with van der Waals surface area (Å²) >= 11 is 1.27. The molecule has 1 heterocycles. The van der Waals surface area contributed by atoms with Gasteiger partial charge in [-0.05, 0) is 75.7 Å². The maximum atomic E-state index is 12.7. The van der Waals surface area contributed by atoms with Crippen molar-refractivity contribution in [3.05, 3.63) is 90.3 Å². The number of carbonyl (C=O) groups excluding carboxylic acids is 1. The summed E-state index contributed by atoms with van der Waals surface area (Å²) in [6.07, 6.45) is 0. The highest BCUT2D eigenvalue weighted by Crippen LogP contribution is 2.24. The van der Waals surface area contributed by atoms with Gasteiger partial charge < -0.3 is 10.6 Å². The van der Waals surface area contributed by atoms with Crippen LogP contribution in [0.15, 0.2) is 88.9 Å². The minimum atomic E-state index is -3.65. The lowest BCUT2D eigenvalue weighted by atomic mass is 10.1. The second-order valence-electron chi connectivity index (χ2n) is 9.95. The Bertz CT molecular complexity index is 1530. The van der Waals surface area contributed by atoms with Crippen molar-refractivity contribution in [1.82, 2.24) is 19.5 Å². The number of hydrogen-bond donors (Lipinski definition) is 3. The van der Waals surface area contributed by atoms with Crippen molar-refractivity contribution in [3.63, 3.8) is 0 Å². The molecule has 1 amide bonds. The normalized spacial score (nSPS) is 11.8. The molecule has 0 saturated carbocycles. The monoisotopic (exact) mass is 564 g/mol. The third-order valence-corrected chi connectivity index (χ3v) is 8.22. The number of para-hydroxylation sites is 2. The van der Waals surface area contributed by atoms with E-state index in [9.17, 15) is 13.2 Å². The molecular weight excluding hydrogens is 532 g/mol. The van der Waals surface area contributed by atoms with Gasteiger partial charge in [-0.3, -0.25) is 9.36 Å². The summed E-state index contributed by atoms with van der Waals surface area (Å²) in [6, 6.07) is 23.9. The van der Waals surface area contributed by atoms with Gasteiger partial charge in [0.2, 0.25) is 15.9 Å². The first kappa shape index (κ1) is 28.3. The van der Waals surface area contributed by atoms with Crippen LogP contribution in [0.4, 0.5) is 11.4 Å². The van der Waals surface area contributed by atoms with Crippen molar-refractivity contribution in [2.45, 2.75) is 49.8 Å². The Morgan fingerprint density at radius 3 is 2.26 bits per heavy atom. The molecule has 4 aromatic rings. The number of nitrogens with zero attached hydrogens (tertiary/aromatic N) is 3. The predicted octanol–water partition coefficient (Wildman–Crippen LogP) is 5.00. The van der Waals surface area contributed by atoms with Gasteiger partial charge in [0.15, 0.2) is 11.0 Å². The molecule has 4 rings (SSSR count). The van der Waals surface area contributed by atoms with Crippen LogP contribution in [-0.4, -0.2) is 40.4 Å². The minimum Gasteiger partial charge on any atom is -0.378 e. The van der Waals surface area contributed by atoms with Crippen LogP contribution in [0, 0.1) is 6.92 Å². The number of amides is 1. The second kappa shape index (κ2) is 12.0. The lowest BCUT2D eigenvalue weighted by Gasteiger charge is -2.20. The van der Waals surface area contributed by atoms with Crippen LogP contribution in [0.3, 0.4) is 0 Å². The van der Waals surface area contributed by atoms with Gasteiger partial charge in [0.25, 0.3) is 0 Å². The Hall–Kier alpha value is -3.67. The zero-order chi connectivity index (χ0) is 28.0. The fourth-order valence-electron chi connectivity index (χ4n) is 3.80. The fraction of sp³-hybridized carbons (Fsp3) is 0.250. The van der Waals surface area contributed by atoms with E-state index < -0.39 is 15.6 Å². The molecule has 3 N–H and O–H groups in total. The second-order valence-corrected chi connectivity index (χ2v) is 12.6. The molecule has 3 aromatic carbocycles. The van der Waals surface area contributed by atoms with Crippen LogP contribution in [0.2, 0.25) is 0 Å². The number of anilines is 2. The number of carbonyl (C=O) groups is 1. The van der Waals surface area contributed by atoms with Gasteiger partial charge in [0.1, 0.15) is 0 Å². The van der Waals surface area contributed by atoms with Crippen molar-refractivity contribution in [1.29, 1.82) is 0 Å². The average molecular weight is 565 g/mol. The van der Waals surface area contributed by atoms with Gasteiger partial charge in [-0.1, -0.05) is 48.2 Å². The van der Waals surface area contributed by atoms with Crippen LogP contribution in [0.25, 0.3) is 5.69 Å². The summed E-state index contributed by atoms with van der Waals surface area (Å²) in [4.78, 5) is 12.9. The van der Waals surface area contributed by atoms with Gasteiger partial charge >= 0.3 is 0 Å². The number of hydrogen-bond acceptors (Lipinski definition) is 7. The third-order valence-electron chi connectivity index (χ3n) is 5.52. The minimum absolute atomic E-state index is 0.0990. The Morgan fingerprint density at radius 2 is 1.59 bits per heavy atom. The van der Waals surface area contributed by atoms with Crippen LogP contribution in [0.1, 0.15) is 32.2 Å². The molecule has 0 spiro atoms. The van der Waals surface area contributed by atoms with Crippen molar-refractivity contribution in [3.8, 4) is 5.69 Å². The Morgan fingerprint density at radius 1 is 0.923 bits per heavy atom. The standard InChI is InChI=1S/C28H32N6O3S2/c1-20-10-8-9-13-24(20)29-18-25-31-32-27(34(25)22-11-6-5-7-12-22)38-19-26(35)30-21-14-16-23(17-15-21)39(36,37)33-28(2,3)4/h5-17,29,33H,18-19H2,1-4H3,(H,30,35). The number of nitrogens with one attached hydrogen (secondary N) is 3. The average Bonchev–Trinajstić information content (AvgIpc) is 3.29. The number of thioether (sulfide) groups is 1. The number of benzene rings is 3. The maximum absolute atomic E-state index is 12.7. The first-order valence-corrected chi connectivity index (χ1v) is 14.8. The zero-order valence-electron chi connectivity index (χ0n) is 22.3. The van der Waals surface area contributed by atoms with E-state index in [1.54, 1.807) is 32.9 Å². The van der Waals surface area contributed by atoms with E-state index >= 15 is 0 Å². The van der Waals surface area contributed by atoms with E-state index in [-0.39, 0.29) is 16.6 Å². The molecule has 9 nitrogen and oxygen atoms in total.